The van der Waals surface area contributed by atoms with Crippen molar-refractivity contribution in [1.29, 1.82) is 0 Å². The number of rotatable bonds is 3. The number of nitrogens with zero attached hydrogens (tertiary/aromatic N) is 2. The average molecular weight is 205 g/mol. The Bertz CT molecular complexity index is 332. The van der Waals surface area contributed by atoms with Crippen LogP contribution < -0.4 is 11.1 Å². The van der Waals surface area contributed by atoms with Crippen molar-refractivity contribution in [2.24, 2.45) is 5.73 Å². The molecule has 13 heavy (non-hydrogen) atoms. The summed E-state index contributed by atoms with van der Waals surface area (Å²) in [5.41, 5.74) is 4.83. The van der Waals surface area contributed by atoms with Crippen LogP contribution in [0.4, 0.5) is 10.2 Å². The summed E-state index contributed by atoms with van der Waals surface area (Å²) in [6, 6.07) is 0. The summed E-state index contributed by atoms with van der Waals surface area (Å²) in [6.45, 7) is -0.204. The fourth-order valence-electron chi connectivity index (χ4n) is 0.640. The molecule has 7 heteroatoms. The zero-order valence-corrected chi connectivity index (χ0v) is 7.18. The van der Waals surface area contributed by atoms with Crippen LogP contribution in [-0.2, 0) is 4.79 Å². The Kier molecular flexibility index (Phi) is 2.97. The lowest BCUT2D eigenvalue weighted by molar-refractivity contribution is -0.116. The molecule has 5 nitrogen and oxygen atoms in total. The van der Waals surface area contributed by atoms with Crippen molar-refractivity contribution in [3.8, 4) is 0 Å². The summed E-state index contributed by atoms with van der Waals surface area (Å²) >= 11 is 5.39. The van der Waals surface area contributed by atoms with Crippen molar-refractivity contribution in [2.45, 2.75) is 0 Å². The highest BCUT2D eigenvalue weighted by Crippen LogP contribution is 2.10. The van der Waals surface area contributed by atoms with E-state index in [2.05, 4.69) is 15.3 Å². The first-order valence-corrected chi connectivity index (χ1v) is 3.67. The Balaban J connectivity index is 2.75. The van der Waals surface area contributed by atoms with E-state index in [0.717, 1.165) is 6.20 Å². The Morgan fingerprint density at radius 3 is 3.08 bits per heavy atom. The molecular weight excluding hydrogens is 199 g/mol. The summed E-state index contributed by atoms with van der Waals surface area (Å²) < 4.78 is 12.8. The number of amides is 1. The lowest BCUT2D eigenvalue weighted by Crippen LogP contribution is -2.22. The number of aromatic nitrogens is 2. The number of hydrogen-bond acceptors (Lipinski definition) is 4. The molecule has 0 aliphatic heterocycles. The van der Waals surface area contributed by atoms with Gasteiger partial charge >= 0.3 is 0 Å². The number of nitrogens with two attached hydrogens (primary N) is 1. The van der Waals surface area contributed by atoms with Crippen LogP contribution in [0.15, 0.2) is 6.20 Å². The van der Waals surface area contributed by atoms with Crippen LogP contribution in [0.5, 0.6) is 0 Å². The smallest absolute Gasteiger partial charge is 0.236 e. The van der Waals surface area contributed by atoms with Gasteiger partial charge in [0, 0.05) is 0 Å². The SMILES string of the molecule is NC(=O)CNc1nc(Cl)ncc1F. The number of hydrogen-bond donors (Lipinski definition) is 2. The third-order valence-electron chi connectivity index (χ3n) is 1.14. The Morgan fingerprint density at radius 2 is 2.46 bits per heavy atom. The van der Waals surface area contributed by atoms with Gasteiger partial charge in [0.05, 0.1) is 12.7 Å². The Labute approximate surface area is 78.1 Å². The molecule has 1 aromatic rings. The van der Waals surface area contributed by atoms with Crippen LogP contribution in [0.2, 0.25) is 5.28 Å². The molecule has 0 atom stereocenters. The second-order valence-corrected chi connectivity index (χ2v) is 2.49. The minimum Gasteiger partial charge on any atom is -0.368 e. The highest BCUT2D eigenvalue weighted by atomic mass is 35.5. The monoisotopic (exact) mass is 204 g/mol. The fraction of sp³-hybridized carbons (Fsp3) is 0.167. The molecule has 0 spiro atoms. The maximum absolute atomic E-state index is 12.8. The van der Waals surface area contributed by atoms with Crippen LogP contribution >= 0.6 is 11.6 Å². The van der Waals surface area contributed by atoms with E-state index in [9.17, 15) is 9.18 Å². The number of carbonyl (C=O) groups excluding carboxylic acids is 1. The molecule has 0 aliphatic carbocycles. The molecule has 0 radical (unpaired) electrons. The third-order valence-corrected chi connectivity index (χ3v) is 1.33. The molecule has 0 saturated heterocycles. The minimum atomic E-state index is -0.689. The summed E-state index contributed by atoms with van der Waals surface area (Å²) in [7, 11) is 0. The highest BCUT2D eigenvalue weighted by Gasteiger charge is 2.05. The van der Waals surface area contributed by atoms with Crippen molar-refractivity contribution >= 4 is 23.3 Å². The Hall–Kier alpha value is -1.43. The van der Waals surface area contributed by atoms with Crippen LogP contribution in [0.25, 0.3) is 0 Å². The van der Waals surface area contributed by atoms with E-state index in [0.29, 0.717) is 0 Å². The van der Waals surface area contributed by atoms with Gasteiger partial charge in [0.1, 0.15) is 0 Å². The van der Waals surface area contributed by atoms with E-state index >= 15 is 0 Å². The lowest BCUT2D eigenvalue weighted by Gasteiger charge is -2.02. The van der Waals surface area contributed by atoms with Gasteiger partial charge in [-0.25, -0.2) is 9.37 Å². The van der Waals surface area contributed by atoms with Crippen molar-refractivity contribution in [2.75, 3.05) is 11.9 Å². The molecule has 1 rings (SSSR count). The average Bonchev–Trinajstić information content (AvgIpc) is 2.06. The van der Waals surface area contributed by atoms with Gasteiger partial charge < -0.3 is 11.1 Å². The largest absolute Gasteiger partial charge is 0.368 e. The molecule has 0 saturated carbocycles. The molecule has 3 N–H and O–H groups in total. The first-order valence-electron chi connectivity index (χ1n) is 3.30. The number of anilines is 1. The van der Waals surface area contributed by atoms with Gasteiger partial charge in [0.15, 0.2) is 11.6 Å². The molecule has 70 valence electrons. The summed E-state index contributed by atoms with van der Waals surface area (Å²) in [5.74, 6) is -1.45. The predicted molar refractivity (Wildman–Crippen MR) is 44.7 cm³/mol. The van der Waals surface area contributed by atoms with Crippen LogP contribution in [0.3, 0.4) is 0 Å². The molecule has 1 heterocycles. The number of primary amides is 1. The Morgan fingerprint density at radius 1 is 1.77 bits per heavy atom. The minimum absolute atomic E-state index is 0.103. The second kappa shape index (κ2) is 3.99. The maximum atomic E-state index is 12.8. The molecule has 0 unspecified atom stereocenters. The second-order valence-electron chi connectivity index (χ2n) is 2.16. The predicted octanol–water partition coefficient (Wildman–Crippen LogP) is 0.166. The molecule has 0 bridgehead atoms. The molecule has 1 aromatic heterocycles. The van der Waals surface area contributed by atoms with Gasteiger partial charge in [-0.05, 0) is 11.6 Å². The van der Waals surface area contributed by atoms with Gasteiger partial charge in [-0.1, -0.05) is 0 Å². The number of halogens is 2. The fourth-order valence-corrected chi connectivity index (χ4v) is 0.774. The quantitative estimate of drug-likeness (QED) is 0.688. The first-order chi connectivity index (χ1) is 6.09. The molecule has 0 aromatic carbocycles. The van der Waals surface area contributed by atoms with Crippen LogP contribution in [-0.4, -0.2) is 22.4 Å². The zero-order chi connectivity index (χ0) is 9.84. The van der Waals surface area contributed by atoms with Gasteiger partial charge in [0.25, 0.3) is 0 Å². The zero-order valence-electron chi connectivity index (χ0n) is 6.42. The van der Waals surface area contributed by atoms with Crippen molar-refractivity contribution in [3.63, 3.8) is 0 Å². The van der Waals surface area contributed by atoms with Crippen LogP contribution in [0, 0.1) is 5.82 Å². The van der Waals surface area contributed by atoms with Gasteiger partial charge in [-0.2, -0.15) is 4.98 Å². The first kappa shape index (κ1) is 9.66. The van der Waals surface area contributed by atoms with Crippen molar-refractivity contribution in [3.05, 3.63) is 17.3 Å². The van der Waals surface area contributed by atoms with E-state index in [1.807, 2.05) is 0 Å². The third kappa shape index (κ3) is 2.83. The van der Waals surface area contributed by atoms with Crippen molar-refractivity contribution < 1.29 is 9.18 Å². The van der Waals surface area contributed by atoms with E-state index in [1.54, 1.807) is 0 Å². The van der Waals surface area contributed by atoms with Gasteiger partial charge in [-0.3, -0.25) is 4.79 Å². The summed E-state index contributed by atoms with van der Waals surface area (Å²) in [5, 5.41) is 2.26. The van der Waals surface area contributed by atoms with Gasteiger partial charge in [-0.15, -0.1) is 0 Å². The molecule has 0 aliphatic rings. The molecular formula is C6H6ClFN4O. The van der Waals surface area contributed by atoms with E-state index < -0.39 is 11.7 Å². The lowest BCUT2D eigenvalue weighted by atomic mass is 10.5. The number of carbonyl (C=O) groups is 1. The molecule has 0 fully saturated rings. The maximum Gasteiger partial charge on any atom is 0.236 e. The highest BCUT2D eigenvalue weighted by molar-refractivity contribution is 6.28. The van der Waals surface area contributed by atoms with Crippen molar-refractivity contribution in [1.82, 2.24) is 9.97 Å². The van der Waals surface area contributed by atoms with Gasteiger partial charge in [0.2, 0.25) is 11.2 Å². The normalized spacial score (nSPS) is 9.69. The standard InChI is InChI=1S/C6H6ClFN4O/c7-6-11-1-3(8)5(12-6)10-2-4(9)13/h1H,2H2,(H2,9,13)(H,10,11,12). The molecule has 1 amide bonds. The van der Waals surface area contributed by atoms with Crippen LogP contribution in [0.1, 0.15) is 0 Å². The topological polar surface area (TPSA) is 80.9 Å². The van der Waals surface area contributed by atoms with E-state index in [1.165, 1.54) is 0 Å². The van der Waals surface area contributed by atoms with E-state index in [-0.39, 0.29) is 17.6 Å². The van der Waals surface area contributed by atoms with E-state index in [4.69, 9.17) is 17.3 Å². The summed E-state index contributed by atoms with van der Waals surface area (Å²) in [6.07, 6.45) is 0.901. The summed E-state index contributed by atoms with van der Waals surface area (Å²) in [4.78, 5) is 17.2. The number of nitrogens with one attached hydrogen (secondary N) is 1.